The second-order valence-corrected chi connectivity index (χ2v) is 4.04. The Morgan fingerprint density at radius 3 is 2.35 bits per heavy atom. The number of nitriles is 1. The van der Waals surface area contributed by atoms with Gasteiger partial charge in [-0.15, -0.1) is 10.2 Å². The summed E-state index contributed by atoms with van der Waals surface area (Å²) in [5.41, 5.74) is 3.63. The van der Waals surface area contributed by atoms with Gasteiger partial charge in [0.1, 0.15) is 6.07 Å². The van der Waals surface area contributed by atoms with Crippen LogP contribution in [0.4, 0.5) is 0 Å². The fourth-order valence-electron chi connectivity index (χ4n) is 1.58. The van der Waals surface area contributed by atoms with Gasteiger partial charge in [0.05, 0.1) is 11.3 Å². The van der Waals surface area contributed by atoms with Crippen molar-refractivity contribution in [3.05, 3.63) is 40.3 Å². The summed E-state index contributed by atoms with van der Waals surface area (Å²) in [7, 11) is 0. The van der Waals surface area contributed by atoms with E-state index in [0.29, 0.717) is 11.3 Å². The van der Waals surface area contributed by atoms with Gasteiger partial charge in [0, 0.05) is 17.0 Å². The van der Waals surface area contributed by atoms with Crippen LogP contribution in [-0.2, 0) is 0 Å². The second-order valence-electron chi connectivity index (χ2n) is 3.68. The third-order valence-electron chi connectivity index (χ3n) is 2.25. The summed E-state index contributed by atoms with van der Waals surface area (Å²) in [6.07, 6.45) is 0. The number of hydrogen-bond acceptors (Lipinski definition) is 4. The van der Waals surface area contributed by atoms with Crippen LogP contribution in [0.25, 0.3) is 11.3 Å². The molecule has 2 aromatic heterocycles. The lowest BCUT2D eigenvalue weighted by Gasteiger charge is -2.03. The molecule has 0 spiro atoms. The molecule has 0 N–H and O–H groups in total. The minimum atomic E-state index is 0.124. The second kappa shape index (κ2) is 4.48. The Kier molecular flexibility index (Phi) is 3.03. The molecule has 0 aliphatic rings. The van der Waals surface area contributed by atoms with E-state index in [1.54, 1.807) is 6.07 Å². The summed E-state index contributed by atoms with van der Waals surface area (Å²) in [6.45, 7) is 3.82. The predicted octanol–water partition coefficient (Wildman–Crippen LogP) is 2.68. The molecule has 0 saturated heterocycles. The highest BCUT2D eigenvalue weighted by Crippen LogP contribution is 2.21. The molecule has 0 aromatic carbocycles. The highest BCUT2D eigenvalue weighted by molar-refractivity contribution is 6.30. The molecule has 17 heavy (non-hydrogen) atoms. The van der Waals surface area contributed by atoms with E-state index >= 15 is 0 Å². The first-order valence-corrected chi connectivity index (χ1v) is 5.37. The van der Waals surface area contributed by atoms with Crippen molar-refractivity contribution in [2.24, 2.45) is 0 Å². The summed E-state index contributed by atoms with van der Waals surface area (Å²) in [5, 5.41) is 16.7. The van der Waals surface area contributed by atoms with E-state index in [9.17, 15) is 0 Å². The molecule has 0 aliphatic carbocycles. The fourth-order valence-corrected chi connectivity index (χ4v) is 1.71. The molecule has 0 radical (unpaired) electrons. The Bertz CT molecular complexity index is 596. The fraction of sp³-hybridized carbons (Fsp3) is 0.167. The largest absolute Gasteiger partial charge is 0.258 e. The SMILES string of the molecule is Cc1cc(-c2cc(C#N)c(Cl)nn2)cc(C)n1. The van der Waals surface area contributed by atoms with Gasteiger partial charge in [-0.3, -0.25) is 4.98 Å². The zero-order chi connectivity index (χ0) is 12.4. The zero-order valence-electron chi connectivity index (χ0n) is 9.40. The molecule has 0 saturated carbocycles. The summed E-state index contributed by atoms with van der Waals surface area (Å²) in [4.78, 5) is 4.28. The van der Waals surface area contributed by atoms with Crippen LogP contribution in [-0.4, -0.2) is 15.2 Å². The van der Waals surface area contributed by atoms with Gasteiger partial charge >= 0.3 is 0 Å². The Morgan fingerprint density at radius 2 is 1.76 bits per heavy atom. The van der Waals surface area contributed by atoms with Crippen LogP contribution in [0.5, 0.6) is 0 Å². The first kappa shape index (κ1) is 11.5. The van der Waals surface area contributed by atoms with Crippen LogP contribution < -0.4 is 0 Å². The summed E-state index contributed by atoms with van der Waals surface area (Å²) in [5.74, 6) is 0. The smallest absolute Gasteiger partial charge is 0.169 e. The van der Waals surface area contributed by atoms with Crippen LogP contribution in [0.3, 0.4) is 0 Å². The number of aromatic nitrogens is 3. The number of nitrogens with zero attached hydrogens (tertiary/aromatic N) is 4. The third kappa shape index (κ3) is 2.40. The van der Waals surface area contributed by atoms with Crippen molar-refractivity contribution in [2.75, 3.05) is 0 Å². The summed E-state index contributed by atoms with van der Waals surface area (Å²) >= 11 is 5.74. The molecule has 2 heterocycles. The predicted molar refractivity (Wildman–Crippen MR) is 64.5 cm³/mol. The highest BCUT2D eigenvalue weighted by Gasteiger charge is 2.07. The molecule has 0 atom stereocenters. The van der Waals surface area contributed by atoms with Gasteiger partial charge in [-0.25, -0.2) is 0 Å². The monoisotopic (exact) mass is 244 g/mol. The standard InChI is InChI=1S/C12H9ClN4/c1-7-3-9(4-8(2)15-7)11-5-10(6-14)12(13)17-16-11/h3-5H,1-2H3. The Balaban J connectivity index is 2.57. The van der Waals surface area contributed by atoms with Gasteiger partial charge in [-0.05, 0) is 32.0 Å². The van der Waals surface area contributed by atoms with Crippen molar-refractivity contribution in [3.8, 4) is 17.3 Å². The highest BCUT2D eigenvalue weighted by atomic mass is 35.5. The molecular formula is C12H9ClN4. The quantitative estimate of drug-likeness (QED) is 0.774. The molecule has 0 aliphatic heterocycles. The Morgan fingerprint density at radius 1 is 1.12 bits per heavy atom. The first-order valence-electron chi connectivity index (χ1n) is 4.99. The molecule has 4 nitrogen and oxygen atoms in total. The summed E-state index contributed by atoms with van der Waals surface area (Å²) < 4.78 is 0. The van der Waals surface area contributed by atoms with Crippen molar-refractivity contribution in [1.82, 2.24) is 15.2 Å². The van der Waals surface area contributed by atoms with Crippen molar-refractivity contribution in [2.45, 2.75) is 13.8 Å². The Hall–Kier alpha value is -1.99. The van der Waals surface area contributed by atoms with Crippen molar-refractivity contribution in [1.29, 1.82) is 5.26 Å². The molecule has 0 unspecified atom stereocenters. The molecule has 2 aromatic rings. The van der Waals surface area contributed by atoms with Crippen molar-refractivity contribution < 1.29 is 0 Å². The minimum Gasteiger partial charge on any atom is -0.258 e. The Labute approximate surface area is 104 Å². The lowest BCUT2D eigenvalue weighted by molar-refractivity contribution is 1.03. The van der Waals surface area contributed by atoms with Gasteiger partial charge in [-0.1, -0.05) is 11.6 Å². The van der Waals surface area contributed by atoms with Crippen LogP contribution in [0.15, 0.2) is 18.2 Å². The van der Waals surface area contributed by atoms with Gasteiger partial charge in [0.15, 0.2) is 5.15 Å². The van der Waals surface area contributed by atoms with Crippen LogP contribution in [0, 0.1) is 25.2 Å². The third-order valence-corrected chi connectivity index (χ3v) is 2.53. The average Bonchev–Trinajstić information content (AvgIpc) is 2.28. The number of aryl methyl sites for hydroxylation is 2. The molecule has 5 heteroatoms. The van der Waals surface area contributed by atoms with E-state index in [4.69, 9.17) is 16.9 Å². The lowest BCUT2D eigenvalue weighted by Crippen LogP contribution is -1.94. The van der Waals surface area contributed by atoms with Gasteiger partial charge in [0.2, 0.25) is 0 Å². The number of hydrogen-bond donors (Lipinski definition) is 0. The van der Waals surface area contributed by atoms with Crippen LogP contribution in [0.2, 0.25) is 5.15 Å². The number of halogens is 1. The van der Waals surface area contributed by atoms with Crippen molar-refractivity contribution >= 4 is 11.6 Å². The van der Waals surface area contributed by atoms with Gasteiger partial charge in [-0.2, -0.15) is 5.26 Å². The van der Waals surface area contributed by atoms with E-state index in [1.807, 2.05) is 32.0 Å². The maximum atomic E-state index is 8.88. The average molecular weight is 245 g/mol. The molecule has 2 rings (SSSR count). The van der Waals surface area contributed by atoms with E-state index in [-0.39, 0.29) is 5.15 Å². The number of pyridine rings is 1. The molecule has 0 fully saturated rings. The van der Waals surface area contributed by atoms with Gasteiger partial charge < -0.3 is 0 Å². The first-order chi connectivity index (χ1) is 8.10. The topological polar surface area (TPSA) is 62.5 Å². The maximum absolute atomic E-state index is 8.88. The molecule has 0 amide bonds. The molecule has 0 bridgehead atoms. The zero-order valence-corrected chi connectivity index (χ0v) is 10.2. The van der Waals surface area contributed by atoms with Crippen LogP contribution >= 0.6 is 11.6 Å². The van der Waals surface area contributed by atoms with E-state index < -0.39 is 0 Å². The normalized spacial score (nSPS) is 10.0. The molecule has 84 valence electrons. The van der Waals surface area contributed by atoms with Crippen molar-refractivity contribution in [3.63, 3.8) is 0 Å². The molecular weight excluding hydrogens is 236 g/mol. The number of rotatable bonds is 1. The van der Waals surface area contributed by atoms with Gasteiger partial charge in [0.25, 0.3) is 0 Å². The maximum Gasteiger partial charge on any atom is 0.169 e. The minimum absolute atomic E-state index is 0.124. The van der Waals surface area contributed by atoms with E-state index in [1.165, 1.54) is 0 Å². The van der Waals surface area contributed by atoms with E-state index in [0.717, 1.165) is 17.0 Å². The van der Waals surface area contributed by atoms with Crippen LogP contribution in [0.1, 0.15) is 17.0 Å². The van der Waals surface area contributed by atoms with E-state index in [2.05, 4.69) is 15.2 Å². The summed E-state index contributed by atoms with van der Waals surface area (Å²) in [6, 6.07) is 7.40. The lowest BCUT2D eigenvalue weighted by atomic mass is 10.1.